The van der Waals surface area contributed by atoms with Crippen LogP contribution in [0.1, 0.15) is 23.0 Å². The van der Waals surface area contributed by atoms with Crippen LogP contribution in [0.3, 0.4) is 0 Å². The fourth-order valence-corrected chi connectivity index (χ4v) is 3.14. The number of nitrogens with zero attached hydrogens (tertiary/aromatic N) is 1. The van der Waals surface area contributed by atoms with Gasteiger partial charge in [-0.15, -0.1) is 11.3 Å². The van der Waals surface area contributed by atoms with Crippen LogP contribution in [0.15, 0.2) is 53.9 Å². The summed E-state index contributed by atoms with van der Waals surface area (Å²) in [6.45, 7) is 3.02. The molecule has 0 bridgehead atoms. The van der Waals surface area contributed by atoms with Crippen molar-refractivity contribution in [1.82, 2.24) is 4.98 Å². The number of ether oxygens (including phenoxy) is 2. The molecule has 6 heteroatoms. The molecule has 0 aliphatic rings. The van der Waals surface area contributed by atoms with Crippen molar-refractivity contribution in [3.05, 3.63) is 65.2 Å². The van der Waals surface area contributed by atoms with E-state index in [-0.39, 0.29) is 5.69 Å². The Bertz CT molecular complexity index is 856. The first-order chi connectivity index (χ1) is 12.7. The van der Waals surface area contributed by atoms with Gasteiger partial charge in [0.2, 0.25) is 0 Å². The zero-order valence-electron chi connectivity index (χ0n) is 14.3. The van der Waals surface area contributed by atoms with Gasteiger partial charge in [0.1, 0.15) is 29.7 Å². The predicted molar refractivity (Wildman–Crippen MR) is 101 cm³/mol. The summed E-state index contributed by atoms with van der Waals surface area (Å²) in [5.41, 5.74) is 2.21. The number of aromatic carboxylic acids is 1. The van der Waals surface area contributed by atoms with E-state index in [1.54, 1.807) is 0 Å². The Morgan fingerprint density at radius 3 is 2.08 bits per heavy atom. The Kier molecular flexibility index (Phi) is 5.86. The molecule has 0 amide bonds. The summed E-state index contributed by atoms with van der Waals surface area (Å²) in [5, 5.41) is 11.1. The van der Waals surface area contributed by atoms with Crippen LogP contribution in [0, 0.1) is 0 Å². The van der Waals surface area contributed by atoms with Crippen molar-refractivity contribution in [3.63, 3.8) is 0 Å². The van der Waals surface area contributed by atoms with Gasteiger partial charge >= 0.3 is 5.97 Å². The molecule has 0 radical (unpaired) electrons. The zero-order valence-corrected chi connectivity index (χ0v) is 15.2. The van der Waals surface area contributed by atoms with Crippen LogP contribution in [0.2, 0.25) is 0 Å². The van der Waals surface area contributed by atoms with Crippen LogP contribution in [0.4, 0.5) is 0 Å². The van der Waals surface area contributed by atoms with Crippen LogP contribution in [-0.2, 0) is 6.42 Å². The first-order valence-electron chi connectivity index (χ1n) is 8.29. The first kappa shape index (κ1) is 17.9. The zero-order chi connectivity index (χ0) is 18.4. The summed E-state index contributed by atoms with van der Waals surface area (Å²) in [4.78, 5) is 15.0. The largest absolute Gasteiger partial charge is 0.490 e. The van der Waals surface area contributed by atoms with Crippen molar-refractivity contribution in [2.24, 2.45) is 0 Å². The van der Waals surface area contributed by atoms with Crippen molar-refractivity contribution < 1.29 is 19.4 Å². The Morgan fingerprint density at radius 2 is 1.58 bits per heavy atom. The second-order valence-corrected chi connectivity index (χ2v) is 6.42. The normalized spacial score (nSPS) is 10.5. The van der Waals surface area contributed by atoms with Gasteiger partial charge < -0.3 is 14.6 Å². The minimum absolute atomic E-state index is 0.0643. The third-order valence-electron chi connectivity index (χ3n) is 3.78. The van der Waals surface area contributed by atoms with E-state index in [9.17, 15) is 4.79 Å². The van der Waals surface area contributed by atoms with Crippen LogP contribution in [-0.4, -0.2) is 29.3 Å². The molecule has 2 aromatic carbocycles. The quantitative estimate of drug-likeness (QED) is 0.591. The highest BCUT2D eigenvalue weighted by atomic mass is 32.1. The second-order valence-electron chi connectivity index (χ2n) is 5.56. The lowest BCUT2D eigenvalue weighted by Gasteiger charge is -2.09. The van der Waals surface area contributed by atoms with E-state index in [1.165, 1.54) is 22.3 Å². The maximum atomic E-state index is 10.9. The van der Waals surface area contributed by atoms with Gasteiger partial charge in [0.05, 0.1) is 0 Å². The van der Waals surface area contributed by atoms with Crippen LogP contribution < -0.4 is 9.47 Å². The fraction of sp³-hybridized carbons (Fsp3) is 0.200. The molecule has 0 saturated carbocycles. The summed E-state index contributed by atoms with van der Waals surface area (Å²) >= 11 is 1.31. The number of hydrogen-bond donors (Lipinski definition) is 1. The number of carboxylic acids is 1. The lowest BCUT2D eigenvalue weighted by molar-refractivity contribution is 0.0691. The van der Waals surface area contributed by atoms with E-state index < -0.39 is 5.97 Å². The summed E-state index contributed by atoms with van der Waals surface area (Å²) in [7, 11) is 0. The van der Waals surface area contributed by atoms with E-state index >= 15 is 0 Å². The molecule has 5 nitrogen and oxygen atoms in total. The van der Waals surface area contributed by atoms with Gasteiger partial charge in [-0.2, -0.15) is 0 Å². The maximum absolute atomic E-state index is 10.9. The molecule has 0 spiro atoms. The molecule has 0 unspecified atom stereocenters. The number of carboxylic acid groups (broad SMARTS) is 1. The van der Waals surface area contributed by atoms with Crippen LogP contribution >= 0.6 is 11.3 Å². The first-order valence-corrected chi connectivity index (χ1v) is 9.17. The van der Waals surface area contributed by atoms with Gasteiger partial charge in [0.15, 0.2) is 5.69 Å². The van der Waals surface area contributed by atoms with Crippen molar-refractivity contribution in [2.45, 2.75) is 13.3 Å². The molecule has 1 aromatic heterocycles. The van der Waals surface area contributed by atoms with Gasteiger partial charge in [-0.25, -0.2) is 9.78 Å². The summed E-state index contributed by atoms with van der Waals surface area (Å²) in [6.07, 6.45) is 1.01. The number of benzene rings is 2. The summed E-state index contributed by atoms with van der Waals surface area (Å²) in [5.74, 6) is 0.546. The minimum Gasteiger partial charge on any atom is -0.490 e. The van der Waals surface area contributed by atoms with Gasteiger partial charge in [-0.3, -0.25) is 0 Å². The molecule has 3 rings (SSSR count). The number of rotatable bonds is 8. The van der Waals surface area contributed by atoms with Gasteiger partial charge in [-0.1, -0.05) is 19.1 Å². The highest BCUT2D eigenvalue weighted by Gasteiger charge is 2.10. The molecular formula is C20H19NO4S. The van der Waals surface area contributed by atoms with E-state index in [0.29, 0.717) is 18.2 Å². The average Bonchev–Trinajstić information content (AvgIpc) is 3.17. The van der Waals surface area contributed by atoms with E-state index in [2.05, 4.69) is 24.0 Å². The predicted octanol–water partition coefficient (Wildman–Crippen LogP) is 4.53. The topological polar surface area (TPSA) is 68.7 Å². The Morgan fingerprint density at radius 1 is 1.00 bits per heavy atom. The van der Waals surface area contributed by atoms with Gasteiger partial charge in [0.25, 0.3) is 0 Å². The third kappa shape index (κ3) is 4.61. The number of aryl methyl sites for hydroxylation is 1. The average molecular weight is 369 g/mol. The van der Waals surface area contributed by atoms with E-state index in [0.717, 1.165) is 23.5 Å². The number of aromatic nitrogens is 1. The van der Waals surface area contributed by atoms with Crippen molar-refractivity contribution >= 4 is 17.3 Å². The molecule has 0 saturated heterocycles. The maximum Gasteiger partial charge on any atom is 0.355 e. The van der Waals surface area contributed by atoms with E-state index in [1.807, 2.05) is 36.4 Å². The van der Waals surface area contributed by atoms with E-state index in [4.69, 9.17) is 14.6 Å². The van der Waals surface area contributed by atoms with Crippen LogP contribution in [0.5, 0.6) is 11.5 Å². The van der Waals surface area contributed by atoms with Crippen LogP contribution in [0.25, 0.3) is 10.6 Å². The SMILES string of the molecule is CCc1ccc(OCCOc2ccc(-c3nc(C(=O)O)cs3)cc2)cc1. The smallest absolute Gasteiger partial charge is 0.355 e. The van der Waals surface area contributed by atoms with Gasteiger partial charge in [-0.05, 0) is 48.4 Å². The Labute approximate surface area is 155 Å². The highest BCUT2D eigenvalue weighted by Crippen LogP contribution is 2.25. The summed E-state index contributed by atoms with van der Waals surface area (Å²) < 4.78 is 11.3. The highest BCUT2D eigenvalue weighted by molar-refractivity contribution is 7.13. The summed E-state index contributed by atoms with van der Waals surface area (Å²) in [6, 6.07) is 15.5. The van der Waals surface area contributed by atoms with Crippen molar-refractivity contribution in [2.75, 3.05) is 13.2 Å². The van der Waals surface area contributed by atoms with Crippen molar-refractivity contribution in [3.8, 4) is 22.1 Å². The molecule has 3 aromatic rings. The fourth-order valence-electron chi connectivity index (χ4n) is 2.34. The second kappa shape index (κ2) is 8.49. The minimum atomic E-state index is -1.02. The molecule has 0 aliphatic carbocycles. The number of carbonyl (C=O) groups is 1. The molecule has 1 heterocycles. The Balaban J connectivity index is 1.48. The third-order valence-corrected chi connectivity index (χ3v) is 4.67. The molecule has 1 N–H and O–H groups in total. The monoisotopic (exact) mass is 369 g/mol. The number of hydrogen-bond acceptors (Lipinski definition) is 5. The molecule has 26 heavy (non-hydrogen) atoms. The molecular weight excluding hydrogens is 350 g/mol. The lowest BCUT2D eigenvalue weighted by Crippen LogP contribution is -2.08. The van der Waals surface area contributed by atoms with Crippen molar-refractivity contribution in [1.29, 1.82) is 0 Å². The molecule has 134 valence electrons. The standard InChI is InChI=1S/C20H19NO4S/c1-2-14-3-7-16(8-4-14)24-11-12-25-17-9-5-15(6-10-17)19-21-18(13-26-19)20(22)23/h3-10,13H,2,11-12H2,1H3,(H,22,23). The van der Waals surface area contributed by atoms with Gasteiger partial charge in [0, 0.05) is 10.9 Å². The molecule has 0 fully saturated rings. The molecule has 0 atom stereocenters. The number of thiazole rings is 1. The Hall–Kier alpha value is -2.86. The lowest BCUT2D eigenvalue weighted by atomic mass is 10.2. The molecule has 0 aliphatic heterocycles.